The number of hydrogen-bond donors (Lipinski definition) is 2. The highest BCUT2D eigenvalue weighted by Crippen LogP contribution is 2.28. The molecular formula is C23H17ClIN3O2S. The van der Waals surface area contributed by atoms with E-state index in [9.17, 15) is 4.79 Å². The van der Waals surface area contributed by atoms with Gasteiger partial charge in [-0.2, -0.15) is 0 Å². The Balaban J connectivity index is 1.55. The molecule has 0 atom stereocenters. The molecule has 8 heteroatoms. The summed E-state index contributed by atoms with van der Waals surface area (Å²) in [5.41, 5.74) is 5.53. The number of anilines is 1. The van der Waals surface area contributed by atoms with Crippen LogP contribution in [-0.4, -0.2) is 16.0 Å². The Hall–Kier alpha value is -2.49. The third-order valence-electron chi connectivity index (χ3n) is 4.68. The van der Waals surface area contributed by atoms with Crippen molar-refractivity contribution in [3.8, 4) is 11.5 Å². The number of thiocarbonyl (C=S) groups is 1. The van der Waals surface area contributed by atoms with Gasteiger partial charge in [0.15, 0.2) is 10.7 Å². The average molecular weight is 562 g/mol. The molecule has 1 aromatic heterocycles. The molecule has 2 N–H and O–H groups in total. The SMILES string of the molecule is Cc1ccc2oc(-c3ccc(C)c(NC(=S)NC(=O)c4cc(I)ccc4Cl)c3)nc2c1. The minimum Gasteiger partial charge on any atom is -0.436 e. The molecule has 1 heterocycles. The zero-order chi connectivity index (χ0) is 22.1. The Kier molecular flexibility index (Phi) is 6.27. The molecule has 0 spiro atoms. The van der Waals surface area contributed by atoms with Gasteiger partial charge >= 0.3 is 0 Å². The van der Waals surface area contributed by atoms with Gasteiger partial charge in [0.1, 0.15) is 5.52 Å². The van der Waals surface area contributed by atoms with Gasteiger partial charge in [-0.1, -0.05) is 23.7 Å². The van der Waals surface area contributed by atoms with Gasteiger partial charge in [0, 0.05) is 14.8 Å². The quantitative estimate of drug-likeness (QED) is 0.221. The minimum atomic E-state index is -0.371. The van der Waals surface area contributed by atoms with Gasteiger partial charge in [-0.15, -0.1) is 0 Å². The number of aryl methyl sites for hydroxylation is 2. The van der Waals surface area contributed by atoms with E-state index in [1.165, 1.54) is 0 Å². The first-order valence-electron chi connectivity index (χ1n) is 9.36. The van der Waals surface area contributed by atoms with Crippen LogP contribution >= 0.6 is 46.4 Å². The van der Waals surface area contributed by atoms with Crippen LogP contribution in [0.3, 0.4) is 0 Å². The number of nitrogens with one attached hydrogen (secondary N) is 2. The van der Waals surface area contributed by atoms with E-state index in [0.29, 0.717) is 16.5 Å². The Morgan fingerprint density at radius 3 is 2.71 bits per heavy atom. The van der Waals surface area contributed by atoms with Gasteiger partial charge in [0.25, 0.3) is 5.91 Å². The van der Waals surface area contributed by atoms with Crippen LogP contribution < -0.4 is 10.6 Å². The minimum absolute atomic E-state index is 0.174. The molecule has 156 valence electrons. The molecule has 3 aromatic carbocycles. The first kappa shape index (κ1) is 21.7. The van der Waals surface area contributed by atoms with Crippen molar-refractivity contribution < 1.29 is 9.21 Å². The highest BCUT2D eigenvalue weighted by atomic mass is 127. The fourth-order valence-electron chi connectivity index (χ4n) is 3.05. The standard InChI is InChI=1S/C23H17ClIN3O2S/c1-12-3-8-20-19(9-12)26-22(30-20)14-5-4-13(2)18(10-14)27-23(31)28-21(29)16-11-15(25)6-7-17(16)24/h3-11H,1-2H3,(H2,27,28,29,31). The molecule has 31 heavy (non-hydrogen) atoms. The molecule has 5 nitrogen and oxygen atoms in total. The highest BCUT2D eigenvalue weighted by molar-refractivity contribution is 14.1. The molecular weight excluding hydrogens is 545 g/mol. The fraction of sp³-hybridized carbons (Fsp3) is 0.0870. The number of hydrogen-bond acceptors (Lipinski definition) is 4. The molecule has 0 saturated carbocycles. The normalized spacial score (nSPS) is 10.8. The third-order valence-corrected chi connectivity index (χ3v) is 5.88. The lowest BCUT2D eigenvalue weighted by atomic mass is 10.1. The lowest BCUT2D eigenvalue weighted by Crippen LogP contribution is -2.34. The number of benzene rings is 3. The number of aromatic nitrogens is 1. The van der Waals surface area contributed by atoms with E-state index in [1.807, 2.05) is 56.3 Å². The largest absolute Gasteiger partial charge is 0.436 e. The molecule has 0 aliphatic heterocycles. The number of carbonyl (C=O) groups excluding carboxylic acids is 1. The van der Waals surface area contributed by atoms with Crippen LogP contribution in [0.25, 0.3) is 22.6 Å². The Morgan fingerprint density at radius 2 is 1.90 bits per heavy atom. The Bertz CT molecular complexity index is 1340. The van der Waals surface area contributed by atoms with Crippen molar-refractivity contribution in [2.24, 2.45) is 0 Å². The summed E-state index contributed by atoms with van der Waals surface area (Å²) >= 11 is 13.6. The molecule has 0 aliphatic carbocycles. The van der Waals surface area contributed by atoms with Gasteiger partial charge in [-0.25, -0.2) is 4.98 Å². The summed E-state index contributed by atoms with van der Waals surface area (Å²) in [5, 5.41) is 6.30. The molecule has 1 amide bonds. The van der Waals surface area contributed by atoms with Gasteiger partial charge < -0.3 is 9.73 Å². The molecule has 4 aromatic rings. The first-order chi connectivity index (χ1) is 14.8. The lowest BCUT2D eigenvalue weighted by molar-refractivity contribution is 0.0978. The van der Waals surface area contributed by atoms with Crippen molar-refractivity contribution in [1.29, 1.82) is 0 Å². The van der Waals surface area contributed by atoms with E-state index < -0.39 is 0 Å². The summed E-state index contributed by atoms with van der Waals surface area (Å²) in [4.78, 5) is 17.2. The number of rotatable bonds is 3. The van der Waals surface area contributed by atoms with Crippen molar-refractivity contribution in [2.45, 2.75) is 13.8 Å². The van der Waals surface area contributed by atoms with Crippen molar-refractivity contribution in [2.75, 3.05) is 5.32 Å². The predicted molar refractivity (Wildman–Crippen MR) is 137 cm³/mol. The number of carbonyl (C=O) groups is 1. The highest BCUT2D eigenvalue weighted by Gasteiger charge is 2.14. The maximum absolute atomic E-state index is 12.6. The van der Waals surface area contributed by atoms with E-state index in [0.717, 1.165) is 37.0 Å². The van der Waals surface area contributed by atoms with E-state index in [-0.39, 0.29) is 11.0 Å². The fourth-order valence-corrected chi connectivity index (χ4v) is 3.94. The van der Waals surface area contributed by atoms with Crippen LogP contribution in [-0.2, 0) is 0 Å². The van der Waals surface area contributed by atoms with Crippen LogP contribution in [0.1, 0.15) is 21.5 Å². The molecule has 4 rings (SSSR count). The summed E-state index contributed by atoms with van der Waals surface area (Å²) < 4.78 is 6.80. The second-order valence-corrected chi connectivity index (χ2v) is 9.11. The maximum atomic E-state index is 12.6. The van der Waals surface area contributed by atoms with E-state index in [1.54, 1.807) is 12.1 Å². The molecule has 0 radical (unpaired) electrons. The average Bonchev–Trinajstić information content (AvgIpc) is 3.14. The molecule has 0 bridgehead atoms. The van der Waals surface area contributed by atoms with Gasteiger partial charge in [0.2, 0.25) is 5.89 Å². The number of nitrogens with zero attached hydrogens (tertiary/aromatic N) is 1. The smallest absolute Gasteiger partial charge is 0.258 e. The summed E-state index contributed by atoms with van der Waals surface area (Å²) in [5.74, 6) is 0.147. The van der Waals surface area contributed by atoms with Crippen LogP contribution in [0.4, 0.5) is 5.69 Å². The predicted octanol–water partition coefficient (Wildman–Crippen LogP) is 6.50. The molecule has 0 saturated heterocycles. The summed E-state index contributed by atoms with van der Waals surface area (Å²) in [6, 6.07) is 16.9. The van der Waals surface area contributed by atoms with E-state index >= 15 is 0 Å². The van der Waals surface area contributed by atoms with Crippen LogP contribution in [0, 0.1) is 17.4 Å². The number of halogens is 2. The number of oxazole rings is 1. The van der Waals surface area contributed by atoms with E-state index in [4.69, 9.17) is 28.2 Å². The van der Waals surface area contributed by atoms with Crippen LogP contribution in [0.5, 0.6) is 0 Å². The third kappa shape index (κ3) is 4.89. The first-order valence-corrected chi connectivity index (χ1v) is 11.2. The topological polar surface area (TPSA) is 67.2 Å². The van der Waals surface area contributed by atoms with Crippen molar-refractivity contribution in [3.05, 3.63) is 79.9 Å². The van der Waals surface area contributed by atoms with Crippen LogP contribution in [0.2, 0.25) is 5.02 Å². The Morgan fingerprint density at radius 1 is 1.10 bits per heavy atom. The second-order valence-electron chi connectivity index (χ2n) is 7.05. The van der Waals surface area contributed by atoms with Crippen molar-refractivity contribution >= 4 is 74.2 Å². The zero-order valence-corrected chi connectivity index (χ0v) is 20.4. The molecule has 0 fully saturated rings. The summed E-state index contributed by atoms with van der Waals surface area (Å²) in [7, 11) is 0. The zero-order valence-electron chi connectivity index (χ0n) is 16.6. The van der Waals surface area contributed by atoms with Crippen molar-refractivity contribution in [1.82, 2.24) is 10.3 Å². The van der Waals surface area contributed by atoms with Gasteiger partial charge in [-0.05, 0) is 102 Å². The van der Waals surface area contributed by atoms with Gasteiger partial charge in [0.05, 0.1) is 10.6 Å². The van der Waals surface area contributed by atoms with Gasteiger partial charge in [-0.3, -0.25) is 10.1 Å². The second kappa shape index (κ2) is 8.94. The van der Waals surface area contributed by atoms with Crippen molar-refractivity contribution in [3.63, 3.8) is 0 Å². The molecule has 0 unspecified atom stereocenters. The summed E-state index contributed by atoms with van der Waals surface area (Å²) in [6.07, 6.45) is 0. The van der Waals surface area contributed by atoms with Crippen LogP contribution in [0.15, 0.2) is 59.0 Å². The number of amides is 1. The lowest BCUT2D eigenvalue weighted by Gasteiger charge is -2.13. The number of fused-ring (bicyclic) bond motifs is 1. The molecule has 0 aliphatic rings. The summed E-state index contributed by atoms with van der Waals surface area (Å²) in [6.45, 7) is 3.96. The maximum Gasteiger partial charge on any atom is 0.258 e. The Labute approximate surface area is 203 Å². The monoisotopic (exact) mass is 561 g/mol. The van der Waals surface area contributed by atoms with E-state index in [2.05, 4.69) is 38.2 Å².